The molecule has 0 atom stereocenters. The van der Waals surface area contributed by atoms with E-state index in [9.17, 15) is 12.8 Å². The summed E-state index contributed by atoms with van der Waals surface area (Å²) in [6, 6.07) is 6.69. The Morgan fingerprint density at radius 3 is 2.65 bits per heavy atom. The molecule has 17 heavy (non-hydrogen) atoms. The van der Waals surface area contributed by atoms with Crippen LogP contribution in [0.3, 0.4) is 0 Å². The Hall–Kier alpha value is -1.18. The van der Waals surface area contributed by atoms with Crippen molar-refractivity contribution in [3.8, 4) is 0 Å². The summed E-state index contributed by atoms with van der Waals surface area (Å²) in [5, 5.41) is 0. The van der Waals surface area contributed by atoms with Crippen LogP contribution in [-0.4, -0.2) is 13.4 Å². The van der Waals surface area contributed by atoms with Crippen LogP contribution in [-0.2, 0) is 10.0 Å². The predicted molar refractivity (Wildman–Crippen MR) is 64.3 cm³/mol. The second-order valence-electron chi connectivity index (χ2n) is 3.01. The third kappa shape index (κ3) is 2.93. The van der Waals surface area contributed by atoms with Gasteiger partial charge in [0.1, 0.15) is 10.0 Å². The van der Waals surface area contributed by atoms with Crippen LogP contribution in [0.4, 0.5) is 10.2 Å². The lowest BCUT2D eigenvalue weighted by atomic mass is 10.5. The van der Waals surface area contributed by atoms with Crippen molar-refractivity contribution in [1.29, 1.82) is 0 Å². The molecule has 8 heteroatoms. The fourth-order valence-corrected chi connectivity index (χ4v) is 3.58. The molecule has 0 bridgehead atoms. The minimum atomic E-state index is -3.75. The second-order valence-corrected chi connectivity index (χ2v) is 6.63. The number of anilines is 1. The third-order valence-corrected chi connectivity index (χ3v) is 4.85. The van der Waals surface area contributed by atoms with Gasteiger partial charge in [-0.2, -0.15) is 4.39 Å². The molecule has 0 aliphatic heterocycles. The fourth-order valence-electron chi connectivity index (χ4n) is 1.10. The molecule has 0 saturated heterocycles. The molecule has 0 aromatic carbocycles. The maximum absolute atomic E-state index is 12.8. The van der Waals surface area contributed by atoms with Crippen LogP contribution in [0.25, 0.3) is 0 Å². The fraction of sp³-hybridized carbons (Fsp3) is 0. The zero-order valence-corrected chi connectivity index (χ0v) is 10.6. The van der Waals surface area contributed by atoms with Crippen molar-refractivity contribution < 1.29 is 12.8 Å². The van der Waals surface area contributed by atoms with E-state index >= 15 is 0 Å². The summed E-state index contributed by atoms with van der Waals surface area (Å²) in [4.78, 5) is 3.41. The summed E-state index contributed by atoms with van der Waals surface area (Å²) < 4.78 is 39.0. The van der Waals surface area contributed by atoms with Crippen LogP contribution in [0.1, 0.15) is 0 Å². The Bertz CT molecular complexity index is 642. The number of sulfonamides is 1. The quantitative estimate of drug-likeness (QED) is 0.885. The van der Waals surface area contributed by atoms with E-state index < -0.39 is 16.0 Å². The second kappa shape index (κ2) is 4.59. The van der Waals surface area contributed by atoms with E-state index in [0.717, 1.165) is 17.4 Å². The van der Waals surface area contributed by atoms with E-state index in [1.807, 2.05) is 0 Å². The summed E-state index contributed by atoms with van der Waals surface area (Å²) in [7, 11) is -3.75. The van der Waals surface area contributed by atoms with Gasteiger partial charge in [-0.1, -0.05) is 17.7 Å². The highest BCUT2D eigenvalue weighted by Gasteiger charge is 2.17. The summed E-state index contributed by atoms with van der Waals surface area (Å²) in [6.07, 6.45) is 0. The van der Waals surface area contributed by atoms with Gasteiger partial charge < -0.3 is 0 Å². The van der Waals surface area contributed by atoms with Gasteiger partial charge in [0, 0.05) is 0 Å². The van der Waals surface area contributed by atoms with Crippen molar-refractivity contribution in [2.24, 2.45) is 0 Å². The van der Waals surface area contributed by atoms with E-state index in [1.54, 1.807) is 0 Å². The predicted octanol–water partition coefficient (Wildman–Crippen LogP) is 2.74. The first-order chi connectivity index (χ1) is 7.97. The molecule has 2 aromatic heterocycles. The molecule has 0 aliphatic carbocycles. The zero-order chi connectivity index (χ0) is 12.5. The van der Waals surface area contributed by atoms with Gasteiger partial charge in [-0.25, -0.2) is 13.4 Å². The minimum absolute atomic E-state index is 0.0496. The van der Waals surface area contributed by atoms with E-state index in [1.165, 1.54) is 24.3 Å². The van der Waals surface area contributed by atoms with Crippen LogP contribution < -0.4 is 4.72 Å². The molecule has 0 fully saturated rings. The van der Waals surface area contributed by atoms with E-state index in [4.69, 9.17) is 11.6 Å². The monoisotopic (exact) mass is 292 g/mol. The normalized spacial score (nSPS) is 11.4. The number of hydrogen-bond acceptors (Lipinski definition) is 4. The summed E-state index contributed by atoms with van der Waals surface area (Å²) in [5.74, 6) is -0.830. The van der Waals surface area contributed by atoms with Crippen LogP contribution in [0.5, 0.6) is 0 Å². The maximum atomic E-state index is 12.8. The van der Waals surface area contributed by atoms with E-state index in [0.29, 0.717) is 4.34 Å². The molecular formula is C9H6ClFN2O2S2. The van der Waals surface area contributed by atoms with Crippen molar-refractivity contribution in [2.75, 3.05) is 4.72 Å². The van der Waals surface area contributed by atoms with Crippen molar-refractivity contribution >= 4 is 38.8 Å². The van der Waals surface area contributed by atoms with Crippen molar-refractivity contribution in [1.82, 2.24) is 4.98 Å². The number of nitrogens with one attached hydrogen (secondary N) is 1. The van der Waals surface area contributed by atoms with E-state index in [2.05, 4.69) is 9.71 Å². The first-order valence-corrected chi connectivity index (χ1v) is 7.06. The molecule has 0 aliphatic rings. The van der Waals surface area contributed by atoms with Gasteiger partial charge in [0.05, 0.1) is 4.34 Å². The topological polar surface area (TPSA) is 59.1 Å². The van der Waals surface area contributed by atoms with Crippen LogP contribution in [0.2, 0.25) is 4.34 Å². The number of rotatable bonds is 3. The summed E-state index contributed by atoms with van der Waals surface area (Å²) in [5.41, 5.74) is 0. The molecule has 1 N–H and O–H groups in total. The van der Waals surface area contributed by atoms with Gasteiger partial charge in [0.25, 0.3) is 10.0 Å². The Morgan fingerprint density at radius 2 is 2.06 bits per heavy atom. The smallest absolute Gasteiger partial charge is 0.263 e. The molecule has 0 radical (unpaired) electrons. The molecule has 0 spiro atoms. The van der Waals surface area contributed by atoms with Crippen molar-refractivity contribution in [3.63, 3.8) is 0 Å². The lowest BCUT2D eigenvalue weighted by Crippen LogP contribution is -2.12. The highest BCUT2D eigenvalue weighted by Crippen LogP contribution is 2.26. The standard InChI is InChI=1S/C9H6ClFN2O2S2/c10-6-4-5-9(16-6)17(14,15)13-8-3-1-2-7(11)12-8/h1-5H,(H,12,13). The SMILES string of the molecule is O=S(=O)(Nc1cccc(F)n1)c1ccc(Cl)s1. The Kier molecular flexibility index (Phi) is 3.32. The first-order valence-electron chi connectivity index (χ1n) is 4.38. The van der Waals surface area contributed by atoms with Crippen LogP contribution in [0.15, 0.2) is 34.5 Å². The average molecular weight is 293 g/mol. The summed E-state index contributed by atoms with van der Waals surface area (Å²) >= 11 is 6.56. The third-order valence-electron chi connectivity index (χ3n) is 1.77. The van der Waals surface area contributed by atoms with Gasteiger partial charge in [-0.15, -0.1) is 11.3 Å². The number of thiophene rings is 1. The maximum Gasteiger partial charge on any atom is 0.272 e. The molecule has 0 unspecified atom stereocenters. The van der Waals surface area contributed by atoms with Gasteiger partial charge in [0.2, 0.25) is 5.95 Å². The lowest BCUT2D eigenvalue weighted by molar-refractivity contribution is 0.585. The number of halogens is 2. The van der Waals surface area contributed by atoms with Gasteiger partial charge in [-0.05, 0) is 24.3 Å². The van der Waals surface area contributed by atoms with Gasteiger partial charge >= 0.3 is 0 Å². The highest BCUT2D eigenvalue weighted by molar-refractivity contribution is 7.94. The van der Waals surface area contributed by atoms with Gasteiger partial charge in [-0.3, -0.25) is 4.72 Å². The molecule has 90 valence electrons. The first kappa shape index (κ1) is 12.3. The molecule has 2 rings (SSSR count). The largest absolute Gasteiger partial charge is 0.272 e. The van der Waals surface area contributed by atoms with Crippen molar-refractivity contribution in [3.05, 3.63) is 40.6 Å². The number of aromatic nitrogens is 1. The lowest BCUT2D eigenvalue weighted by Gasteiger charge is -2.04. The van der Waals surface area contributed by atoms with Crippen LogP contribution >= 0.6 is 22.9 Å². The van der Waals surface area contributed by atoms with Gasteiger partial charge in [0.15, 0.2) is 0 Å². The molecule has 4 nitrogen and oxygen atoms in total. The highest BCUT2D eigenvalue weighted by atomic mass is 35.5. The number of hydrogen-bond donors (Lipinski definition) is 1. The number of pyridine rings is 1. The molecular weight excluding hydrogens is 287 g/mol. The number of nitrogens with zero attached hydrogens (tertiary/aromatic N) is 1. The molecule has 0 amide bonds. The molecule has 2 aromatic rings. The summed E-state index contributed by atoms with van der Waals surface area (Å²) in [6.45, 7) is 0. The molecule has 0 saturated carbocycles. The van der Waals surface area contributed by atoms with Crippen LogP contribution in [0, 0.1) is 5.95 Å². The van der Waals surface area contributed by atoms with Crippen molar-refractivity contribution in [2.45, 2.75) is 4.21 Å². The Morgan fingerprint density at radius 1 is 1.29 bits per heavy atom. The minimum Gasteiger partial charge on any atom is -0.263 e. The zero-order valence-electron chi connectivity index (χ0n) is 8.22. The average Bonchev–Trinajstić information content (AvgIpc) is 2.65. The Balaban J connectivity index is 2.29. The Labute approximate surface area is 106 Å². The van der Waals surface area contributed by atoms with E-state index in [-0.39, 0.29) is 10.0 Å². The molecule has 2 heterocycles.